The van der Waals surface area contributed by atoms with Gasteiger partial charge in [0.15, 0.2) is 6.10 Å². The van der Waals surface area contributed by atoms with E-state index in [9.17, 15) is 14.4 Å². The second-order valence-corrected chi connectivity index (χ2v) is 6.77. The lowest BCUT2D eigenvalue weighted by atomic mass is 10.1. The van der Waals surface area contributed by atoms with Gasteiger partial charge >= 0.3 is 5.97 Å². The van der Waals surface area contributed by atoms with Gasteiger partial charge in [-0.1, -0.05) is 36.4 Å². The van der Waals surface area contributed by atoms with Gasteiger partial charge in [-0.15, -0.1) is 0 Å². The Bertz CT molecular complexity index is 851. The summed E-state index contributed by atoms with van der Waals surface area (Å²) in [5, 5.41) is 2.78. The molecule has 0 unspecified atom stereocenters. The molecule has 2 amide bonds. The zero-order chi connectivity index (χ0) is 19.9. The van der Waals surface area contributed by atoms with Crippen LogP contribution < -0.4 is 10.2 Å². The van der Waals surface area contributed by atoms with Crippen LogP contribution >= 0.6 is 0 Å². The molecule has 2 aromatic rings. The van der Waals surface area contributed by atoms with Gasteiger partial charge in [-0.05, 0) is 43.5 Å². The van der Waals surface area contributed by atoms with E-state index in [0.29, 0.717) is 37.2 Å². The van der Waals surface area contributed by atoms with Gasteiger partial charge in [0.2, 0.25) is 5.91 Å². The van der Waals surface area contributed by atoms with E-state index >= 15 is 0 Å². The van der Waals surface area contributed by atoms with Crippen molar-refractivity contribution in [1.82, 2.24) is 5.32 Å². The van der Waals surface area contributed by atoms with E-state index in [2.05, 4.69) is 5.32 Å². The maximum Gasteiger partial charge on any atom is 0.338 e. The Balaban J connectivity index is 1.52. The van der Waals surface area contributed by atoms with E-state index in [4.69, 9.17) is 4.74 Å². The average molecular weight is 380 g/mol. The summed E-state index contributed by atoms with van der Waals surface area (Å²) < 4.78 is 5.29. The molecule has 0 aliphatic carbocycles. The molecule has 2 aromatic carbocycles. The number of amides is 2. The minimum Gasteiger partial charge on any atom is -0.449 e. The summed E-state index contributed by atoms with van der Waals surface area (Å²) in [5.41, 5.74) is 2.12. The third-order valence-electron chi connectivity index (χ3n) is 4.68. The Labute approximate surface area is 164 Å². The monoisotopic (exact) mass is 380 g/mol. The van der Waals surface area contributed by atoms with E-state index < -0.39 is 12.1 Å². The molecule has 0 radical (unpaired) electrons. The third kappa shape index (κ3) is 4.97. The van der Waals surface area contributed by atoms with Crippen LogP contribution in [0.3, 0.4) is 0 Å². The van der Waals surface area contributed by atoms with Crippen molar-refractivity contribution in [2.24, 2.45) is 0 Å². The number of nitrogens with zero attached hydrogens (tertiary/aromatic N) is 1. The fourth-order valence-corrected chi connectivity index (χ4v) is 3.12. The van der Waals surface area contributed by atoms with E-state index in [0.717, 1.165) is 12.0 Å². The number of carbonyl (C=O) groups is 3. The number of esters is 1. The van der Waals surface area contributed by atoms with Gasteiger partial charge in [-0.3, -0.25) is 9.59 Å². The first-order valence-electron chi connectivity index (χ1n) is 9.47. The van der Waals surface area contributed by atoms with Gasteiger partial charge in [-0.2, -0.15) is 0 Å². The summed E-state index contributed by atoms with van der Waals surface area (Å²) >= 11 is 0. The number of ether oxygens (including phenoxy) is 1. The molecule has 1 heterocycles. The van der Waals surface area contributed by atoms with Crippen LogP contribution in [0.5, 0.6) is 0 Å². The van der Waals surface area contributed by atoms with Crippen molar-refractivity contribution in [3.8, 4) is 0 Å². The van der Waals surface area contributed by atoms with Gasteiger partial charge in [0, 0.05) is 25.2 Å². The molecular formula is C22H24N2O4. The third-order valence-corrected chi connectivity index (χ3v) is 4.68. The SMILES string of the molecule is C[C@@H](OC(=O)c1cccc(N2CCCC2=O)c1)C(=O)NCCc1ccccc1. The van der Waals surface area contributed by atoms with Crippen molar-refractivity contribution in [2.75, 3.05) is 18.0 Å². The first kappa shape index (κ1) is 19.6. The van der Waals surface area contributed by atoms with Crippen LogP contribution in [-0.2, 0) is 20.7 Å². The first-order chi connectivity index (χ1) is 13.5. The van der Waals surface area contributed by atoms with Crippen molar-refractivity contribution in [3.63, 3.8) is 0 Å². The van der Waals surface area contributed by atoms with Crippen LogP contribution in [0, 0.1) is 0 Å². The number of hydrogen-bond donors (Lipinski definition) is 1. The summed E-state index contributed by atoms with van der Waals surface area (Å²) in [7, 11) is 0. The van der Waals surface area contributed by atoms with E-state index in [-0.39, 0.29) is 11.8 Å². The molecule has 1 atom stereocenters. The van der Waals surface area contributed by atoms with E-state index in [1.807, 2.05) is 30.3 Å². The van der Waals surface area contributed by atoms with Crippen LogP contribution in [0.1, 0.15) is 35.7 Å². The molecular weight excluding hydrogens is 356 g/mol. The highest BCUT2D eigenvalue weighted by Crippen LogP contribution is 2.22. The van der Waals surface area contributed by atoms with Crippen molar-refractivity contribution >= 4 is 23.5 Å². The molecule has 6 heteroatoms. The number of hydrogen-bond acceptors (Lipinski definition) is 4. The number of rotatable bonds is 7. The second-order valence-electron chi connectivity index (χ2n) is 6.77. The predicted molar refractivity (Wildman–Crippen MR) is 106 cm³/mol. The number of benzene rings is 2. The highest BCUT2D eigenvalue weighted by Gasteiger charge is 2.23. The number of anilines is 1. The Morgan fingerprint density at radius 3 is 2.64 bits per heavy atom. The van der Waals surface area contributed by atoms with Crippen molar-refractivity contribution < 1.29 is 19.1 Å². The van der Waals surface area contributed by atoms with Gasteiger partial charge in [0.05, 0.1) is 5.56 Å². The van der Waals surface area contributed by atoms with Crippen LogP contribution in [0.25, 0.3) is 0 Å². The molecule has 6 nitrogen and oxygen atoms in total. The summed E-state index contributed by atoms with van der Waals surface area (Å²) in [5.74, 6) is -0.869. The number of nitrogens with one attached hydrogen (secondary N) is 1. The van der Waals surface area contributed by atoms with Crippen LogP contribution in [0.2, 0.25) is 0 Å². The predicted octanol–water partition coefficient (Wildman–Crippen LogP) is 2.72. The van der Waals surface area contributed by atoms with Gasteiger partial charge in [-0.25, -0.2) is 4.79 Å². The molecule has 1 saturated heterocycles. The Kier molecular flexibility index (Phi) is 6.42. The molecule has 1 aliphatic rings. The minimum atomic E-state index is -0.902. The summed E-state index contributed by atoms with van der Waals surface area (Å²) in [6.45, 7) is 2.67. The quantitative estimate of drug-likeness (QED) is 0.750. The summed E-state index contributed by atoms with van der Waals surface area (Å²) in [6.07, 6.45) is 1.14. The molecule has 0 spiro atoms. The lowest BCUT2D eigenvalue weighted by Crippen LogP contribution is -2.37. The highest BCUT2D eigenvalue weighted by molar-refractivity contribution is 5.98. The van der Waals surface area contributed by atoms with E-state index in [1.54, 1.807) is 36.1 Å². The minimum absolute atomic E-state index is 0.0525. The average Bonchev–Trinajstić information content (AvgIpc) is 3.14. The molecule has 28 heavy (non-hydrogen) atoms. The summed E-state index contributed by atoms with van der Waals surface area (Å²) in [4.78, 5) is 38.1. The lowest BCUT2D eigenvalue weighted by molar-refractivity contribution is -0.129. The zero-order valence-electron chi connectivity index (χ0n) is 15.9. The molecule has 1 aliphatic heterocycles. The molecule has 0 bridgehead atoms. The number of carbonyl (C=O) groups excluding carboxylic acids is 3. The van der Waals surface area contributed by atoms with Crippen LogP contribution in [-0.4, -0.2) is 37.0 Å². The highest BCUT2D eigenvalue weighted by atomic mass is 16.5. The van der Waals surface area contributed by atoms with Crippen LogP contribution in [0.15, 0.2) is 54.6 Å². The standard InChI is InChI=1S/C22H24N2O4/c1-16(21(26)23-13-12-17-7-3-2-4-8-17)28-22(27)18-9-5-10-19(15-18)24-14-6-11-20(24)25/h2-5,7-10,15-16H,6,11-14H2,1H3,(H,23,26)/t16-/m1/s1. The fourth-order valence-electron chi connectivity index (χ4n) is 3.12. The molecule has 0 aromatic heterocycles. The van der Waals surface area contributed by atoms with Gasteiger partial charge < -0.3 is 15.0 Å². The van der Waals surface area contributed by atoms with E-state index in [1.165, 1.54) is 0 Å². The second kappa shape index (κ2) is 9.17. The fraction of sp³-hybridized carbons (Fsp3) is 0.318. The Morgan fingerprint density at radius 2 is 1.93 bits per heavy atom. The summed E-state index contributed by atoms with van der Waals surface area (Å²) in [6, 6.07) is 16.6. The normalized spacial score (nSPS) is 14.6. The smallest absolute Gasteiger partial charge is 0.338 e. The maximum atomic E-state index is 12.4. The largest absolute Gasteiger partial charge is 0.449 e. The molecule has 3 rings (SSSR count). The topological polar surface area (TPSA) is 75.7 Å². The van der Waals surface area contributed by atoms with Crippen molar-refractivity contribution in [3.05, 3.63) is 65.7 Å². The Morgan fingerprint density at radius 1 is 1.14 bits per heavy atom. The molecule has 0 saturated carbocycles. The maximum absolute atomic E-state index is 12.4. The Hall–Kier alpha value is -3.15. The first-order valence-corrected chi connectivity index (χ1v) is 9.47. The molecule has 146 valence electrons. The van der Waals surface area contributed by atoms with Crippen LogP contribution in [0.4, 0.5) is 5.69 Å². The van der Waals surface area contributed by atoms with Gasteiger partial charge in [0.25, 0.3) is 5.91 Å². The zero-order valence-corrected chi connectivity index (χ0v) is 15.9. The molecule has 1 N–H and O–H groups in total. The lowest BCUT2D eigenvalue weighted by Gasteiger charge is -2.17. The van der Waals surface area contributed by atoms with Crippen molar-refractivity contribution in [1.29, 1.82) is 0 Å². The van der Waals surface area contributed by atoms with Gasteiger partial charge in [0.1, 0.15) is 0 Å². The molecule has 1 fully saturated rings. The van der Waals surface area contributed by atoms with Crippen molar-refractivity contribution in [2.45, 2.75) is 32.3 Å².